The monoisotopic (exact) mass is 421 g/mol. The lowest BCUT2D eigenvalue weighted by atomic mass is 10.0. The Labute approximate surface area is 180 Å². The maximum Gasteiger partial charge on any atom is 0.305 e. The van der Waals surface area contributed by atoms with Gasteiger partial charge in [0.2, 0.25) is 0 Å². The number of esters is 1. The summed E-state index contributed by atoms with van der Waals surface area (Å²) in [5.74, 6) is -0.217. The molecule has 3 aromatic rings. The molecule has 0 aliphatic carbocycles. The molecule has 1 aliphatic heterocycles. The first kappa shape index (κ1) is 20.0. The molecule has 0 amide bonds. The molecule has 3 aromatic heterocycles. The van der Waals surface area contributed by atoms with Crippen LogP contribution >= 0.6 is 12.2 Å². The molecular formula is C22H23N5O2S. The first-order valence-corrected chi connectivity index (χ1v) is 10.2. The quantitative estimate of drug-likeness (QED) is 0.464. The van der Waals surface area contributed by atoms with Gasteiger partial charge in [-0.2, -0.15) is 0 Å². The Morgan fingerprint density at radius 1 is 1.17 bits per heavy atom. The minimum Gasteiger partial charge on any atom is -0.469 e. The molecule has 1 aliphatic rings. The molecule has 0 bridgehead atoms. The van der Waals surface area contributed by atoms with Crippen LogP contribution in [-0.2, 0) is 9.53 Å². The van der Waals surface area contributed by atoms with Gasteiger partial charge in [0.05, 0.1) is 24.9 Å². The second-order valence-corrected chi connectivity index (χ2v) is 7.39. The number of ether oxygens (including phenoxy) is 1. The van der Waals surface area contributed by atoms with Gasteiger partial charge in [0.25, 0.3) is 0 Å². The molecule has 30 heavy (non-hydrogen) atoms. The topological polar surface area (TPSA) is 72.3 Å². The minimum atomic E-state index is -0.217. The van der Waals surface area contributed by atoms with Crippen molar-refractivity contribution in [2.75, 3.05) is 13.7 Å². The molecule has 8 heteroatoms. The van der Waals surface area contributed by atoms with E-state index in [4.69, 9.17) is 17.0 Å². The molecule has 1 N–H and O–H groups in total. The molecule has 1 saturated heterocycles. The summed E-state index contributed by atoms with van der Waals surface area (Å²) in [4.78, 5) is 22.4. The predicted molar refractivity (Wildman–Crippen MR) is 117 cm³/mol. The first-order valence-electron chi connectivity index (χ1n) is 9.81. The summed E-state index contributed by atoms with van der Waals surface area (Å²) in [5.41, 5.74) is 3.03. The standard InChI is InChI=1S/C22H23N5O2S/c1-29-19(28)8-5-15-27-21(20(25-22(27)30)17-6-2-3-11-24-17)18-7-4-14-26(18)16-9-12-23-13-10-16/h2-4,6-7,9-14,20-21H,5,8,15H2,1H3,(H,25,30)/t20-,21-/m0/s1. The van der Waals surface area contributed by atoms with Crippen molar-refractivity contribution in [3.05, 3.63) is 78.6 Å². The molecule has 0 radical (unpaired) electrons. The highest BCUT2D eigenvalue weighted by Gasteiger charge is 2.41. The summed E-state index contributed by atoms with van der Waals surface area (Å²) in [5, 5.41) is 4.10. The van der Waals surface area contributed by atoms with Crippen LogP contribution in [0.25, 0.3) is 5.69 Å². The van der Waals surface area contributed by atoms with Crippen LogP contribution in [0.2, 0.25) is 0 Å². The molecule has 0 saturated carbocycles. The van der Waals surface area contributed by atoms with Crippen molar-refractivity contribution in [1.29, 1.82) is 0 Å². The number of hydrogen-bond acceptors (Lipinski definition) is 5. The van der Waals surface area contributed by atoms with E-state index in [2.05, 4.69) is 30.8 Å². The van der Waals surface area contributed by atoms with Crippen LogP contribution in [0.15, 0.2) is 67.3 Å². The van der Waals surface area contributed by atoms with E-state index in [-0.39, 0.29) is 18.1 Å². The van der Waals surface area contributed by atoms with Gasteiger partial charge in [-0.25, -0.2) is 0 Å². The molecule has 1 fully saturated rings. The first-order chi connectivity index (χ1) is 14.7. The van der Waals surface area contributed by atoms with E-state index >= 15 is 0 Å². The second kappa shape index (κ2) is 9.04. The van der Waals surface area contributed by atoms with Gasteiger partial charge in [-0.3, -0.25) is 14.8 Å². The van der Waals surface area contributed by atoms with E-state index in [1.54, 1.807) is 18.6 Å². The number of carbonyl (C=O) groups excluding carboxylic acids is 1. The van der Waals surface area contributed by atoms with E-state index in [0.29, 0.717) is 24.5 Å². The Hall–Kier alpha value is -3.26. The normalized spacial score (nSPS) is 18.3. The van der Waals surface area contributed by atoms with Gasteiger partial charge in [-0.05, 0) is 55.0 Å². The average molecular weight is 422 g/mol. The number of hydrogen-bond donors (Lipinski definition) is 1. The van der Waals surface area contributed by atoms with Gasteiger partial charge in [0.15, 0.2) is 5.11 Å². The van der Waals surface area contributed by atoms with Crippen molar-refractivity contribution < 1.29 is 9.53 Å². The fourth-order valence-electron chi connectivity index (χ4n) is 3.84. The highest BCUT2D eigenvalue weighted by atomic mass is 32.1. The largest absolute Gasteiger partial charge is 0.469 e. The summed E-state index contributed by atoms with van der Waals surface area (Å²) >= 11 is 5.69. The van der Waals surface area contributed by atoms with Crippen LogP contribution in [0.4, 0.5) is 0 Å². The van der Waals surface area contributed by atoms with Crippen molar-refractivity contribution >= 4 is 23.3 Å². The maximum absolute atomic E-state index is 11.6. The van der Waals surface area contributed by atoms with Crippen molar-refractivity contribution in [2.24, 2.45) is 0 Å². The molecule has 0 spiro atoms. The van der Waals surface area contributed by atoms with Gasteiger partial charge < -0.3 is 19.5 Å². The molecule has 154 valence electrons. The van der Waals surface area contributed by atoms with Gasteiger partial charge in [-0.1, -0.05) is 6.07 Å². The number of thiocarbonyl (C=S) groups is 1. The summed E-state index contributed by atoms with van der Waals surface area (Å²) in [6.45, 7) is 0.635. The molecular weight excluding hydrogens is 398 g/mol. The van der Waals surface area contributed by atoms with Crippen molar-refractivity contribution in [3.8, 4) is 5.69 Å². The number of nitrogens with one attached hydrogen (secondary N) is 1. The Kier molecular flexibility index (Phi) is 6.04. The SMILES string of the molecule is COC(=O)CCCN1C(=S)N[C@@H](c2ccccn2)[C@@H]1c1cccn1-c1ccncc1. The number of methoxy groups -OCH3 is 1. The fraction of sp³-hybridized carbons (Fsp3) is 0.273. The van der Waals surface area contributed by atoms with Crippen molar-refractivity contribution in [2.45, 2.75) is 24.9 Å². The average Bonchev–Trinajstić information content (AvgIpc) is 3.39. The van der Waals surface area contributed by atoms with Crippen LogP contribution in [0.1, 0.15) is 36.3 Å². The Balaban J connectivity index is 1.70. The lowest BCUT2D eigenvalue weighted by Gasteiger charge is -2.28. The minimum absolute atomic E-state index is 0.0757. The Morgan fingerprint density at radius 3 is 2.73 bits per heavy atom. The summed E-state index contributed by atoms with van der Waals surface area (Å²) in [6.07, 6.45) is 8.38. The highest BCUT2D eigenvalue weighted by Crippen LogP contribution is 2.39. The molecule has 0 aromatic carbocycles. The Morgan fingerprint density at radius 2 is 2.00 bits per heavy atom. The van der Waals surface area contributed by atoms with Crippen LogP contribution in [0.5, 0.6) is 0 Å². The molecule has 2 atom stereocenters. The number of nitrogens with zero attached hydrogens (tertiary/aromatic N) is 4. The smallest absolute Gasteiger partial charge is 0.305 e. The van der Waals surface area contributed by atoms with Crippen molar-refractivity contribution in [3.63, 3.8) is 0 Å². The second-order valence-electron chi connectivity index (χ2n) is 7.01. The van der Waals surface area contributed by atoms with Crippen LogP contribution in [-0.4, -0.2) is 44.2 Å². The van der Waals surface area contributed by atoms with E-state index in [1.165, 1.54) is 7.11 Å². The molecule has 7 nitrogen and oxygen atoms in total. The summed E-state index contributed by atoms with van der Waals surface area (Å²) < 4.78 is 6.93. The number of carbonyl (C=O) groups is 1. The van der Waals surface area contributed by atoms with Crippen LogP contribution in [0, 0.1) is 0 Å². The fourth-order valence-corrected chi connectivity index (χ4v) is 4.17. The van der Waals surface area contributed by atoms with Crippen molar-refractivity contribution in [1.82, 2.24) is 24.8 Å². The van der Waals surface area contributed by atoms with Gasteiger partial charge >= 0.3 is 5.97 Å². The number of pyridine rings is 2. The molecule has 4 rings (SSSR count). The molecule has 0 unspecified atom stereocenters. The van der Waals surface area contributed by atoms with E-state index in [0.717, 1.165) is 17.1 Å². The van der Waals surface area contributed by atoms with E-state index < -0.39 is 0 Å². The predicted octanol–water partition coefficient (Wildman–Crippen LogP) is 3.19. The van der Waals surface area contributed by atoms with Gasteiger partial charge in [0, 0.05) is 49.1 Å². The maximum atomic E-state index is 11.6. The summed E-state index contributed by atoms with van der Waals surface area (Å²) in [6, 6.07) is 13.8. The molecule has 4 heterocycles. The van der Waals surface area contributed by atoms with E-state index in [1.807, 2.05) is 42.6 Å². The van der Waals surface area contributed by atoms with Crippen LogP contribution < -0.4 is 5.32 Å². The van der Waals surface area contributed by atoms with Gasteiger partial charge in [0.1, 0.15) is 0 Å². The third kappa shape index (κ3) is 4.04. The van der Waals surface area contributed by atoms with E-state index in [9.17, 15) is 4.79 Å². The Bertz CT molecular complexity index is 1010. The lowest BCUT2D eigenvalue weighted by molar-refractivity contribution is -0.140. The number of aromatic nitrogens is 3. The zero-order chi connectivity index (χ0) is 20.9. The summed E-state index contributed by atoms with van der Waals surface area (Å²) in [7, 11) is 1.41. The highest BCUT2D eigenvalue weighted by molar-refractivity contribution is 7.80. The van der Waals surface area contributed by atoms with Crippen LogP contribution in [0.3, 0.4) is 0 Å². The lowest BCUT2D eigenvalue weighted by Crippen LogP contribution is -2.31. The zero-order valence-corrected chi connectivity index (χ0v) is 17.5. The zero-order valence-electron chi connectivity index (χ0n) is 16.6. The van der Waals surface area contributed by atoms with Gasteiger partial charge in [-0.15, -0.1) is 0 Å². The third-order valence-corrected chi connectivity index (χ3v) is 5.58. The number of rotatable bonds is 7. The third-order valence-electron chi connectivity index (χ3n) is 5.23.